The van der Waals surface area contributed by atoms with Crippen molar-refractivity contribution in [2.75, 3.05) is 6.61 Å². The molecule has 248 valence electrons. The highest BCUT2D eigenvalue weighted by molar-refractivity contribution is 5.80. The van der Waals surface area contributed by atoms with Gasteiger partial charge in [-0.2, -0.15) is 83.4 Å². The number of carbonyl (C=O) groups excluding carboxylic acids is 2. The average Bonchev–Trinajstić information content (AvgIpc) is 2.84. The molecule has 0 aromatic heterocycles. The lowest BCUT2D eigenvalue weighted by Crippen LogP contribution is -2.76. The van der Waals surface area contributed by atoms with Crippen molar-refractivity contribution in [2.24, 2.45) is 0 Å². The van der Waals surface area contributed by atoms with Gasteiger partial charge < -0.3 is 9.47 Å². The fourth-order valence-electron chi connectivity index (χ4n) is 2.77. The topological polar surface area (TPSA) is 52.6 Å². The van der Waals surface area contributed by atoms with E-state index in [1.165, 1.54) is 6.07 Å². The fraction of sp³-hybridized carbons (Fsp3) is 0.600. The normalized spacial score (nSPS) is 15.6. The summed E-state index contributed by atoms with van der Waals surface area (Å²) in [6.07, 6.45) is -10.4. The third-order valence-electron chi connectivity index (χ3n) is 5.18. The maximum Gasteiger partial charge on any atom is 0.460 e. The molecule has 0 radical (unpaired) electrons. The first-order valence-electron chi connectivity index (χ1n) is 10.3. The zero-order valence-electron chi connectivity index (χ0n) is 20.0. The molecule has 0 aliphatic carbocycles. The summed E-state index contributed by atoms with van der Waals surface area (Å²) < 4.78 is 262. The molecule has 0 fully saturated rings. The lowest BCUT2D eigenvalue weighted by Gasteiger charge is -2.43. The van der Waals surface area contributed by atoms with Gasteiger partial charge in [-0.1, -0.05) is 30.3 Å². The van der Waals surface area contributed by atoms with E-state index in [-0.39, 0.29) is 0 Å². The summed E-state index contributed by atoms with van der Waals surface area (Å²) >= 11 is 0. The molecule has 1 aromatic carbocycles. The van der Waals surface area contributed by atoms with Crippen LogP contribution in [0, 0.1) is 0 Å². The van der Waals surface area contributed by atoms with Crippen molar-refractivity contribution in [1.29, 1.82) is 0 Å². The second kappa shape index (κ2) is 11.1. The van der Waals surface area contributed by atoms with Crippen molar-refractivity contribution < 1.29 is 102 Å². The summed E-state index contributed by atoms with van der Waals surface area (Å²) in [5, 5.41) is 0. The number of hydrogen-bond acceptors (Lipinski definition) is 4. The van der Waals surface area contributed by atoms with E-state index in [4.69, 9.17) is 0 Å². The van der Waals surface area contributed by atoms with Gasteiger partial charge in [-0.15, -0.1) is 0 Å². The van der Waals surface area contributed by atoms with Crippen LogP contribution in [0.25, 0.3) is 0 Å². The van der Waals surface area contributed by atoms with E-state index in [1.807, 2.05) is 0 Å². The molecule has 0 heterocycles. The van der Waals surface area contributed by atoms with E-state index in [2.05, 4.69) is 9.47 Å². The highest BCUT2D eigenvalue weighted by atomic mass is 19.4. The van der Waals surface area contributed by atoms with E-state index in [0.29, 0.717) is 6.92 Å². The van der Waals surface area contributed by atoms with Crippen molar-refractivity contribution in [3.05, 3.63) is 35.9 Å². The van der Waals surface area contributed by atoms with Crippen LogP contribution in [0.1, 0.15) is 18.6 Å². The molecule has 0 amide bonds. The Hall–Kier alpha value is -3.17. The van der Waals surface area contributed by atoms with Crippen LogP contribution < -0.4 is 0 Å². The quantitative estimate of drug-likeness (QED) is 0.170. The Balaban J connectivity index is 3.51. The molecule has 1 aromatic rings. The number of hydrogen-bond donors (Lipinski definition) is 0. The minimum Gasteiger partial charge on any atom is -0.456 e. The zero-order chi connectivity index (χ0) is 34.5. The summed E-state index contributed by atoms with van der Waals surface area (Å²) in [6.45, 7) is -2.97. The predicted octanol–water partition coefficient (Wildman–Crippen LogP) is 7.48. The molecular weight excluding hydrogens is 665 g/mol. The first-order chi connectivity index (χ1) is 18.8. The maximum atomic E-state index is 14.0. The molecule has 0 saturated heterocycles. The van der Waals surface area contributed by atoms with Gasteiger partial charge in [0.1, 0.15) is 0 Å². The van der Waals surface area contributed by atoms with Crippen LogP contribution in [0.2, 0.25) is 0 Å². The number of esters is 2. The summed E-state index contributed by atoms with van der Waals surface area (Å²) in [5.74, 6) is -71.9. The second-order valence-corrected chi connectivity index (χ2v) is 8.23. The summed E-state index contributed by atoms with van der Waals surface area (Å²) in [6, 6.07) is 5.16. The van der Waals surface area contributed by atoms with Gasteiger partial charge in [-0.05, 0) is 0 Å². The maximum absolute atomic E-state index is 14.0. The van der Waals surface area contributed by atoms with E-state index in [1.54, 1.807) is 0 Å². The lowest BCUT2D eigenvalue weighted by molar-refractivity contribution is -0.469. The molecule has 0 aliphatic heterocycles. The van der Waals surface area contributed by atoms with Crippen molar-refractivity contribution in [3.63, 3.8) is 0 Å². The Kier molecular flexibility index (Phi) is 9.75. The van der Waals surface area contributed by atoms with Crippen LogP contribution in [0.4, 0.5) is 83.4 Å². The Morgan fingerprint density at radius 3 is 1.28 bits per heavy atom. The first kappa shape index (κ1) is 37.9. The lowest BCUT2D eigenvalue weighted by atomic mass is 9.87. The molecule has 0 saturated carbocycles. The third-order valence-corrected chi connectivity index (χ3v) is 5.18. The molecule has 4 nitrogen and oxygen atoms in total. The van der Waals surface area contributed by atoms with Crippen LogP contribution in [-0.2, 0) is 19.1 Å². The van der Waals surface area contributed by atoms with Gasteiger partial charge in [0.2, 0.25) is 6.10 Å². The van der Waals surface area contributed by atoms with Crippen molar-refractivity contribution in [2.45, 2.75) is 66.6 Å². The van der Waals surface area contributed by atoms with E-state index in [9.17, 15) is 93.0 Å². The molecule has 0 bridgehead atoms. The van der Waals surface area contributed by atoms with Crippen LogP contribution in [0.15, 0.2) is 30.3 Å². The van der Waals surface area contributed by atoms with Crippen LogP contribution in [-0.4, -0.2) is 72.1 Å². The third kappa shape index (κ3) is 5.86. The molecule has 1 rings (SSSR count). The Morgan fingerprint density at radius 2 is 0.930 bits per heavy atom. The van der Waals surface area contributed by atoms with Gasteiger partial charge >= 0.3 is 65.5 Å². The second-order valence-electron chi connectivity index (χ2n) is 8.23. The molecule has 23 heteroatoms. The van der Waals surface area contributed by atoms with Crippen molar-refractivity contribution in [1.82, 2.24) is 0 Å². The smallest absolute Gasteiger partial charge is 0.456 e. The molecular formula is C20H11F19O4. The first-order valence-corrected chi connectivity index (χ1v) is 10.3. The predicted molar refractivity (Wildman–Crippen MR) is 97.5 cm³/mol. The van der Waals surface area contributed by atoms with Crippen LogP contribution >= 0.6 is 0 Å². The molecule has 0 N–H and O–H groups in total. The highest BCUT2D eigenvalue weighted by Crippen LogP contribution is 2.65. The zero-order valence-corrected chi connectivity index (χ0v) is 20.0. The average molecular weight is 676 g/mol. The summed E-state index contributed by atoms with van der Waals surface area (Å²) in [5.41, 5.74) is -0.492. The molecule has 1 atom stereocenters. The molecule has 1 unspecified atom stereocenters. The van der Waals surface area contributed by atoms with Gasteiger partial charge in [0.25, 0.3) is 0 Å². The van der Waals surface area contributed by atoms with E-state index >= 15 is 0 Å². The van der Waals surface area contributed by atoms with Gasteiger partial charge in [-0.3, -0.25) is 4.79 Å². The number of ether oxygens (including phenoxy) is 2. The largest absolute Gasteiger partial charge is 0.460 e. The monoisotopic (exact) mass is 676 g/mol. The fourth-order valence-corrected chi connectivity index (χ4v) is 2.77. The Bertz CT molecular complexity index is 1160. The van der Waals surface area contributed by atoms with Gasteiger partial charge in [-0.25, -0.2) is 4.79 Å². The minimum absolute atomic E-state index is 0.492. The number of carbonyl (C=O) groups is 2. The summed E-state index contributed by atoms with van der Waals surface area (Å²) in [4.78, 5) is 23.1. The molecule has 0 spiro atoms. The molecule has 43 heavy (non-hydrogen) atoms. The molecule has 0 aliphatic rings. The number of alkyl halides is 19. The Morgan fingerprint density at radius 1 is 0.581 bits per heavy atom. The van der Waals surface area contributed by atoms with Gasteiger partial charge in [0.15, 0.2) is 6.61 Å². The van der Waals surface area contributed by atoms with Crippen molar-refractivity contribution >= 4 is 11.9 Å². The summed E-state index contributed by atoms with van der Waals surface area (Å²) in [7, 11) is 0. The SMILES string of the molecule is CC(=O)OC(C(=O)OCC(F)(F)C(F)(F)C(F)(F)C(F)(F)C(F)(F)C(F)(F)C(F)(F)C(F)(F)C(F)(F)F)c1ccccc1. The highest BCUT2D eigenvalue weighted by Gasteiger charge is 2.96. The number of halogens is 19. The number of benzene rings is 1. The standard InChI is InChI=1S/C20H11F19O4/c1-8(40)43-10(9-5-3-2-4-6-9)11(41)42-7-12(21,22)13(23,24)14(25,26)15(27,28)16(29,30)17(31,32)18(33,34)19(35,36)20(37,38)39/h2-6,10H,7H2,1H3. The van der Waals surface area contributed by atoms with Crippen molar-refractivity contribution in [3.8, 4) is 0 Å². The minimum atomic E-state index is -9.06. The van der Waals surface area contributed by atoms with E-state index < -0.39 is 83.8 Å². The Labute approximate surface area is 224 Å². The van der Waals surface area contributed by atoms with Crippen LogP contribution in [0.3, 0.4) is 0 Å². The van der Waals surface area contributed by atoms with Gasteiger partial charge in [0, 0.05) is 12.5 Å². The van der Waals surface area contributed by atoms with Gasteiger partial charge in [0.05, 0.1) is 0 Å². The number of rotatable bonds is 12. The van der Waals surface area contributed by atoms with Crippen LogP contribution in [0.5, 0.6) is 0 Å². The van der Waals surface area contributed by atoms with E-state index in [0.717, 1.165) is 24.3 Å².